The average Bonchev–Trinajstić information content (AvgIpc) is 3.32. The molecule has 0 atom stereocenters. The van der Waals surface area contributed by atoms with Crippen LogP contribution in [0.4, 0.5) is 0 Å². The molecule has 1 amide bonds. The van der Waals surface area contributed by atoms with Crippen molar-refractivity contribution in [2.24, 2.45) is 4.99 Å². The highest BCUT2D eigenvalue weighted by atomic mass is 32.1. The Morgan fingerprint density at radius 2 is 1.41 bits per heavy atom. The fourth-order valence-corrected chi connectivity index (χ4v) is 4.13. The van der Waals surface area contributed by atoms with Crippen LogP contribution in [0.3, 0.4) is 0 Å². The maximum absolute atomic E-state index is 13.4. The van der Waals surface area contributed by atoms with E-state index in [1.54, 1.807) is 12.1 Å². The Morgan fingerprint density at radius 3 is 1.97 bits per heavy atom. The van der Waals surface area contributed by atoms with Gasteiger partial charge in [0.15, 0.2) is 5.54 Å². The molecule has 0 bridgehead atoms. The molecule has 0 spiro atoms. The number of H-pyrrole nitrogens is 1. The van der Waals surface area contributed by atoms with Gasteiger partial charge in [0.05, 0.1) is 5.69 Å². The fourth-order valence-electron chi connectivity index (χ4n) is 3.81. The van der Waals surface area contributed by atoms with Crippen LogP contribution in [0.25, 0.3) is 5.69 Å². The predicted octanol–water partition coefficient (Wildman–Crippen LogP) is 2.68. The van der Waals surface area contributed by atoms with Crippen LogP contribution in [0.15, 0.2) is 94.7 Å². The summed E-state index contributed by atoms with van der Waals surface area (Å²) in [7, 11) is 0. The number of benzene rings is 3. The summed E-state index contributed by atoms with van der Waals surface area (Å²) in [5.74, 6) is -0.175. The molecule has 3 aromatic carbocycles. The van der Waals surface area contributed by atoms with E-state index in [1.807, 2.05) is 60.7 Å². The minimum absolute atomic E-state index is 0.0686. The standard InChI is InChI=1S/C23H17N5O3S/c29-18-13-11-17(12-14-18)27-21(31)26-28(22(27)32)20-24-19(30)23(25-20,15-7-3-1-4-8-15)16-9-5-2-6-10-16/h1-14,29H,(H,26,31)(H,24,25,30). The highest BCUT2D eigenvalue weighted by molar-refractivity contribution is 7.71. The largest absolute Gasteiger partial charge is 0.508 e. The minimum Gasteiger partial charge on any atom is -0.508 e. The molecule has 5 rings (SSSR count). The molecular formula is C23H17N5O3S. The van der Waals surface area contributed by atoms with E-state index in [1.165, 1.54) is 21.4 Å². The van der Waals surface area contributed by atoms with Gasteiger partial charge in [0.1, 0.15) is 5.75 Å². The number of hydrogen-bond donors (Lipinski definition) is 3. The van der Waals surface area contributed by atoms with Crippen molar-refractivity contribution in [3.8, 4) is 11.4 Å². The number of aromatic nitrogens is 3. The van der Waals surface area contributed by atoms with Crippen molar-refractivity contribution in [2.45, 2.75) is 5.54 Å². The van der Waals surface area contributed by atoms with Crippen LogP contribution in [0.5, 0.6) is 5.75 Å². The Hall–Kier alpha value is -4.24. The second-order valence-corrected chi connectivity index (χ2v) is 7.58. The summed E-state index contributed by atoms with van der Waals surface area (Å²) < 4.78 is 2.63. The first kappa shape index (κ1) is 19.7. The number of phenols is 1. The van der Waals surface area contributed by atoms with E-state index < -0.39 is 11.2 Å². The zero-order valence-electron chi connectivity index (χ0n) is 16.6. The quantitative estimate of drug-likeness (QED) is 0.424. The molecular weight excluding hydrogens is 426 g/mol. The van der Waals surface area contributed by atoms with Crippen LogP contribution in [-0.2, 0) is 10.3 Å². The molecule has 32 heavy (non-hydrogen) atoms. The molecule has 158 valence electrons. The van der Waals surface area contributed by atoms with Gasteiger partial charge in [-0.3, -0.25) is 10.1 Å². The lowest BCUT2D eigenvalue weighted by Gasteiger charge is -2.24. The molecule has 0 fully saturated rings. The average molecular weight is 443 g/mol. The summed E-state index contributed by atoms with van der Waals surface area (Å²) >= 11 is 5.51. The number of hydrogen-bond acceptors (Lipinski definition) is 5. The lowest BCUT2D eigenvalue weighted by atomic mass is 9.83. The van der Waals surface area contributed by atoms with Crippen molar-refractivity contribution in [3.63, 3.8) is 0 Å². The zero-order valence-corrected chi connectivity index (χ0v) is 17.4. The molecule has 0 radical (unpaired) electrons. The van der Waals surface area contributed by atoms with E-state index in [9.17, 15) is 14.7 Å². The van der Waals surface area contributed by atoms with Crippen LogP contribution >= 0.6 is 12.2 Å². The van der Waals surface area contributed by atoms with Crippen molar-refractivity contribution in [1.29, 1.82) is 0 Å². The monoisotopic (exact) mass is 443 g/mol. The predicted molar refractivity (Wildman–Crippen MR) is 122 cm³/mol. The van der Waals surface area contributed by atoms with Crippen LogP contribution in [0.2, 0.25) is 0 Å². The molecule has 1 aliphatic heterocycles. The highest BCUT2D eigenvalue weighted by Crippen LogP contribution is 2.37. The van der Waals surface area contributed by atoms with E-state index in [0.717, 1.165) is 0 Å². The Morgan fingerprint density at radius 1 is 0.844 bits per heavy atom. The van der Waals surface area contributed by atoms with Crippen LogP contribution in [0.1, 0.15) is 11.1 Å². The van der Waals surface area contributed by atoms with Crippen LogP contribution in [0, 0.1) is 4.77 Å². The summed E-state index contributed by atoms with van der Waals surface area (Å²) in [4.78, 5) is 30.8. The molecule has 4 aromatic rings. The number of phenolic OH excluding ortho intramolecular Hbond substituents is 1. The van der Waals surface area contributed by atoms with Gasteiger partial charge in [0, 0.05) is 0 Å². The van der Waals surface area contributed by atoms with Gasteiger partial charge in [-0.05, 0) is 47.6 Å². The summed E-state index contributed by atoms with van der Waals surface area (Å²) in [6.07, 6.45) is 0. The Balaban J connectivity index is 1.70. The molecule has 9 heteroatoms. The summed E-state index contributed by atoms with van der Waals surface area (Å²) in [6, 6.07) is 24.5. The highest BCUT2D eigenvalue weighted by Gasteiger charge is 2.47. The van der Waals surface area contributed by atoms with E-state index in [2.05, 4.69) is 10.4 Å². The molecule has 0 saturated carbocycles. The Kier molecular flexibility index (Phi) is 4.60. The van der Waals surface area contributed by atoms with Gasteiger partial charge < -0.3 is 5.11 Å². The van der Waals surface area contributed by atoms with E-state index in [0.29, 0.717) is 16.8 Å². The van der Waals surface area contributed by atoms with Gasteiger partial charge in [-0.25, -0.2) is 19.5 Å². The lowest BCUT2D eigenvalue weighted by Crippen LogP contribution is -2.39. The van der Waals surface area contributed by atoms with Crippen LogP contribution in [-0.4, -0.2) is 31.3 Å². The second-order valence-electron chi connectivity index (χ2n) is 7.22. The number of carbonyl (C=O) groups is 1. The molecule has 3 N–H and O–H groups in total. The lowest BCUT2D eigenvalue weighted by molar-refractivity contribution is -0.122. The number of aromatic amines is 1. The third-order valence-electron chi connectivity index (χ3n) is 5.32. The van der Waals surface area contributed by atoms with Crippen molar-refractivity contribution in [2.75, 3.05) is 0 Å². The van der Waals surface area contributed by atoms with Crippen molar-refractivity contribution < 1.29 is 9.90 Å². The second kappa shape index (κ2) is 7.47. The number of amides is 1. The van der Waals surface area contributed by atoms with Gasteiger partial charge in [0.2, 0.25) is 10.7 Å². The van der Waals surface area contributed by atoms with Crippen LogP contribution < -0.4 is 11.0 Å². The maximum Gasteiger partial charge on any atom is 0.347 e. The maximum atomic E-state index is 13.4. The molecule has 8 nitrogen and oxygen atoms in total. The fraction of sp³-hybridized carbons (Fsp3) is 0.0435. The molecule has 2 heterocycles. The first-order chi connectivity index (χ1) is 15.5. The topological polar surface area (TPSA) is 104 Å². The van der Waals surface area contributed by atoms with Crippen molar-refractivity contribution in [3.05, 3.63) is 111 Å². The van der Waals surface area contributed by atoms with Gasteiger partial charge in [-0.1, -0.05) is 60.7 Å². The Bertz CT molecular complexity index is 1410. The summed E-state index contributed by atoms with van der Waals surface area (Å²) in [5, 5.41) is 15.0. The first-order valence-corrected chi connectivity index (χ1v) is 10.2. The number of rotatable bonds is 3. The number of nitrogens with one attached hydrogen (secondary N) is 2. The molecule has 1 aliphatic rings. The molecule has 0 unspecified atom stereocenters. The third-order valence-corrected chi connectivity index (χ3v) is 5.69. The normalized spacial score (nSPS) is 14.8. The smallest absolute Gasteiger partial charge is 0.347 e. The number of carbonyl (C=O) groups excluding carboxylic acids is 1. The molecule has 1 aromatic heterocycles. The number of aliphatic imine (C=N–C) groups is 1. The van der Waals surface area contributed by atoms with Crippen molar-refractivity contribution >= 4 is 24.1 Å². The molecule has 0 aliphatic carbocycles. The third kappa shape index (κ3) is 2.98. The van der Waals surface area contributed by atoms with E-state index >= 15 is 0 Å². The zero-order chi connectivity index (χ0) is 22.3. The van der Waals surface area contributed by atoms with Gasteiger partial charge in [-0.2, -0.15) is 4.68 Å². The number of aromatic hydroxyl groups is 1. The van der Waals surface area contributed by atoms with Crippen molar-refractivity contribution in [1.82, 2.24) is 19.7 Å². The Labute approximate surface area is 187 Å². The van der Waals surface area contributed by atoms with E-state index in [4.69, 9.17) is 17.2 Å². The van der Waals surface area contributed by atoms with E-state index in [-0.39, 0.29) is 22.4 Å². The van der Waals surface area contributed by atoms with Gasteiger partial charge >= 0.3 is 5.69 Å². The molecule has 0 saturated heterocycles. The SMILES string of the molecule is O=C1NC(n2[nH]c(=O)n(-c3ccc(O)cc3)c2=S)=NC1(c1ccccc1)c1ccccc1. The summed E-state index contributed by atoms with van der Waals surface area (Å²) in [5.41, 5.74) is 0.00480. The van der Waals surface area contributed by atoms with Gasteiger partial charge in [0.25, 0.3) is 5.91 Å². The first-order valence-electron chi connectivity index (χ1n) is 9.77. The van der Waals surface area contributed by atoms with Gasteiger partial charge in [-0.15, -0.1) is 0 Å². The summed E-state index contributed by atoms with van der Waals surface area (Å²) in [6.45, 7) is 0. The minimum atomic E-state index is -1.33. The number of nitrogens with zero attached hydrogens (tertiary/aromatic N) is 3.